The minimum atomic E-state index is 0.503. The van der Waals surface area contributed by atoms with E-state index in [1.807, 2.05) is 0 Å². The molecule has 0 aliphatic carbocycles. The van der Waals surface area contributed by atoms with E-state index in [-0.39, 0.29) is 0 Å². The summed E-state index contributed by atoms with van der Waals surface area (Å²) in [6.07, 6.45) is 6.75. The van der Waals surface area contributed by atoms with Crippen LogP contribution in [0.4, 0.5) is 0 Å². The van der Waals surface area contributed by atoms with Crippen molar-refractivity contribution in [1.82, 2.24) is 10.2 Å². The standard InChI is InChI=1S/C13H28N2O/c1-3-8-14-13(12-16-2)11-15-9-6-4-5-7-10-15/h13-14H,3-12H2,1-2H3. The molecule has 16 heavy (non-hydrogen) atoms. The van der Waals surface area contributed by atoms with Crippen LogP contribution in [0.25, 0.3) is 0 Å². The molecule has 0 radical (unpaired) electrons. The van der Waals surface area contributed by atoms with E-state index in [2.05, 4.69) is 17.1 Å². The maximum atomic E-state index is 5.28. The molecule has 3 heteroatoms. The van der Waals surface area contributed by atoms with Crippen LogP contribution in [0, 0.1) is 0 Å². The molecule has 1 saturated heterocycles. The van der Waals surface area contributed by atoms with Gasteiger partial charge in [0, 0.05) is 19.7 Å². The third-order valence-electron chi connectivity index (χ3n) is 3.23. The molecule has 96 valence electrons. The fourth-order valence-corrected chi connectivity index (χ4v) is 2.36. The number of hydrogen-bond donors (Lipinski definition) is 1. The number of likely N-dealkylation sites (tertiary alicyclic amines) is 1. The highest BCUT2D eigenvalue weighted by Gasteiger charge is 2.14. The van der Waals surface area contributed by atoms with Crippen molar-refractivity contribution < 1.29 is 4.74 Å². The van der Waals surface area contributed by atoms with E-state index in [0.717, 1.165) is 19.7 Å². The third kappa shape index (κ3) is 5.83. The molecule has 0 aromatic rings. The van der Waals surface area contributed by atoms with E-state index in [4.69, 9.17) is 4.74 Å². The van der Waals surface area contributed by atoms with Crippen molar-refractivity contribution in [2.45, 2.75) is 45.1 Å². The van der Waals surface area contributed by atoms with Crippen LogP contribution in [-0.4, -0.2) is 50.8 Å². The molecule has 0 aromatic carbocycles. The molecule has 1 unspecified atom stereocenters. The lowest BCUT2D eigenvalue weighted by atomic mass is 10.2. The van der Waals surface area contributed by atoms with Crippen molar-refractivity contribution in [3.05, 3.63) is 0 Å². The van der Waals surface area contributed by atoms with Crippen LogP contribution < -0.4 is 5.32 Å². The first-order valence-electron chi connectivity index (χ1n) is 6.81. The van der Waals surface area contributed by atoms with Crippen molar-refractivity contribution in [2.24, 2.45) is 0 Å². The minimum Gasteiger partial charge on any atom is -0.383 e. The first kappa shape index (κ1) is 13.9. The van der Waals surface area contributed by atoms with Crippen LogP contribution in [0.3, 0.4) is 0 Å². The number of nitrogens with zero attached hydrogens (tertiary/aromatic N) is 1. The van der Waals surface area contributed by atoms with Crippen LogP contribution in [0.2, 0.25) is 0 Å². The average molecular weight is 228 g/mol. The third-order valence-corrected chi connectivity index (χ3v) is 3.23. The lowest BCUT2D eigenvalue weighted by molar-refractivity contribution is 0.139. The topological polar surface area (TPSA) is 24.5 Å². The zero-order chi connectivity index (χ0) is 11.6. The quantitative estimate of drug-likeness (QED) is 0.720. The van der Waals surface area contributed by atoms with Gasteiger partial charge >= 0.3 is 0 Å². The molecular weight excluding hydrogens is 200 g/mol. The smallest absolute Gasteiger partial charge is 0.0628 e. The molecule has 1 rings (SSSR count). The van der Waals surface area contributed by atoms with Crippen molar-refractivity contribution in [3.63, 3.8) is 0 Å². The van der Waals surface area contributed by atoms with E-state index in [1.165, 1.54) is 45.2 Å². The Morgan fingerprint density at radius 3 is 2.44 bits per heavy atom. The highest BCUT2D eigenvalue weighted by Crippen LogP contribution is 2.09. The van der Waals surface area contributed by atoms with E-state index in [0.29, 0.717) is 6.04 Å². The summed E-state index contributed by atoms with van der Waals surface area (Å²) in [4.78, 5) is 2.60. The van der Waals surface area contributed by atoms with Crippen LogP contribution in [0.5, 0.6) is 0 Å². The predicted octanol–water partition coefficient (Wildman–Crippen LogP) is 1.88. The van der Waals surface area contributed by atoms with Gasteiger partial charge < -0.3 is 15.0 Å². The summed E-state index contributed by atoms with van der Waals surface area (Å²) in [7, 11) is 1.79. The second-order valence-corrected chi connectivity index (χ2v) is 4.82. The number of methoxy groups -OCH3 is 1. The van der Waals surface area contributed by atoms with Crippen molar-refractivity contribution >= 4 is 0 Å². The molecule has 0 spiro atoms. The highest BCUT2D eigenvalue weighted by molar-refractivity contribution is 4.73. The molecule has 0 saturated carbocycles. The Morgan fingerprint density at radius 2 is 1.88 bits per heavy atom. The number of ether oxygens (including phenoxy) is 1. The molecule has 3 nitrogen and oxygen atoms in total. The van der Waals surface area contributed by atoms with Gasteiger partial charge in [-0.05, 0) is 38.9 Å². The monoisotopic (exact) mass is 228 g/mol. The molecule has 0 amide bonds. The summed E-state index contributed by atoms with van der Waals surface area (Å²) in [5.74, 6) is 0. The number of nitrogens with one attached hydrogen (secondary N) is 1. The SMILES string of the molecule is CCCNC(COC)CN1CCCCCC1. The van der Waals surface area contributed by atoms with Gasteiger partial charge in [-0.25, -0.2) is 0 Å². The van der Waals surface area contributed by atoms with Gasteiger partial charge in [-0.1, -0.05) is 19.8 Å². The molecule has 1 fully saturated rings. The first-order chi connectivity index (χ1) is 7.86. The summed E-state index contributed by atoms with van der Waals surface area (Å²) >= 11 is 0. The van der Waals surface area contributed by atoms with E-state index in [1.54, 1.807) is 7.11 Å². The molecule has 1 N–H and O–H groups in total. The van der Waals surface area contributed by atoms with Crippen LogP contribution in [0.1, 0.15) is 39.0 Å². The van der Waals surface area contributed by atoms with E-state index < -0.39 is 0 Å². The van der Waals surface area contributed by atoms with Crippen molar-refractivity contribution in [1.29, 1.82) is 0 Å². The van der Waals surface area contributed by atoms with Gasteiger partial charge in [-0.2, -0.15) is 0 Å². The molecular formula is C13H28N2O. The normalized spacial score (nSPS) is 20.6. The summed E-state index contributed by atoms with van der Waals surface area (Å²) in [6, 6.07) is 0.503. The maximum absolute atomic E-state index is 5.28. The van der Waals surface area contributed by atoms with Crippen molar-refractivity contribution in [3.8, 4) is 0 Å². The van der Waals surface area contributed by atoms with Gasteiger partial charge in [0.2, 0.25) is 0 Å². The van der Waals surface area contributed by atoms with Crippen LogP contribution in [-0.2, 0) is 4.74 Å². The summed E-state index contributed by atoms with van der Waals surface area (Å²) in [6.45, 7) is 7.83. The Kier molecular flexibility index (Phi) is 7.81. The lowest BCUT2D eigenvalue weighted by Crippen LogP contribution is -2.44. The zero-order valence-corrected chi connectivity index (χ0v) is 11.0. The average Bonchev–Trinajstić information content (AvgIpc) is 2.55. The molecule has 1 aliphatic heterocycles. The van der Waals surface area contributed by atoms with Gasteiger partial charge in [0.25, 0.3) is 0 Å². The van der Waals surface area contributed by atoms with E-state index in [9.17, 15) is 0 Å². The zero-order valence-electron chi connectivity index (χ0n) is 11.0. The highest BCUT2D eigenvalue weighted by atomic mass is 16.5. The Morgan fingerprint density at radius 1 is 1.19 bits per heavy atom. The Balaban J connectivity index is 2.27. The molecule has 1 heterocycles. The summed E-state index contributed by atoms with van der Waals surface area (Å²) in [5.41, 5.74) is 0. The Bertz CT molecular complexity index is 156. The summed E-state index contributed by atoms with van der Waals surface area (Å²) < 4.78 is 5.28. The first-order valence-corrected chi connectivity index (χ1v) is 6.81. The van der Waals surface area contributed by atoms with Crippen molar-refractivity contribution in [2.75, 3.05) is 39.9 Å². The lowest BCUT2D eigenvalue weighted by Gasteiger charge is -2.26. The second-order valence-electron chi connectivity index (χ2n) is 4.82. The number of hydrogen-bond acceptors (Lipinski definition) is 3. The van der Waals surface area contributed by atoms with Gasteiger partial charge in [0.15, 0.2) is 0 Å². The number of rotatable bonds is 7. The molecule has 1 atom stereocenters. The summed E-state index contributed by atoms with van der Waals surface area (Å²) in [5, 5.41) is 3.57. The predicted molar refractivity (Wildman–Crippen MR) is 68.9 cm³/mol. The van der Waals surface area contributed by atoms with E-state index >= 15 is 0 Å². The Hall–Kier alpha value is -0.120. The van der Waals surface area contributed by atoms with Gasteiger partial charge in [-0.3, -0.25) is 0 Å². The fraction of sp³-hybridized carbons (Fsp3) is 1.00. The maximum Gasteiger partial charge on any atom is 0.0628 e. The molecule has 0 bridgehead atoms. The molecule has 0 aromatic heterocycles. The largest absolute Gasteiger partial charge is 0.383 e. The van der Waals surface area contributed by atoms with Gasteiger partial charge in [0.05, 0.1) is 6.61 Å². The molecule has 1 aliphatic rings. The minimum absolute atomic E-state index is 0.503. The Labute approximate surface area is 101 Å². The van der Waals surface area contributed by atoms with Gasteiger partial charge in [0.1, 0.15) is 0 Å². The van der Waals surface area contributed by atoms with Gasteiger partial charge in [-0.15, -0.1) is 0 Å². The van der Waals surface area contributed by atoms with Crippen LogP contribution in [0.15, 0.2) is 0 Å². The van der Waals surface area contributed by atoms with Crippen LogP contribution >= 0.6 is 0 Å². The second kappa shape index (κ2) is 8.97. The fourth-order valence-electron chi connectivity index (χ4n) is 2.36.